The molecule has 0 radical (unpaired) electrons. The summed E-state index contributed by atoms with van der Waals surface area (Å²) >= 11 is 6.13. The van der Waals surface area contributed by atoms with Crippen LogP contribution in [-0.2, 0) is 22.7 Å². The fourth-order valence-electron chi connectivity index (χ4n) is 2.91. The molecule has 0 aromatic heterocycles. The molecule has 2 N–H and O–H groups in total. The highest BCUT2D eigenvalue weighted by molar-refractivity contribution is 6.32. The van der Waals surface area contributed by atoms with Gasteiger partial charge in [0, 0.05) is 13.1 Å². The van der Waals surface area contributed by atoms with Crippen molar-refractivity contribution in [1.29, 1.82) is 0 Å². The average molecular weight is 375 g/mol. The largest absolute Gasteiger partial charge is 0.487 e. The first kappa shape index (κ1) is 18.7. The molecule has 138 valence electrons. The van der Waals surface area contributed by atoms with Crippen LogP contribution in [0.3, 0.4) is 0 Å². The maximum atomic E-state index is 12.4. The maximum absolute atomic E-state index is 12.4. The van der Waals surface area contributed by atoms with Gasteiger partial charge in [-0.3, -0.25) is 4.79 Å². The van der Waals surface area contributed by atoms with Crippen molar-refractivity contribution < 1.29 is 14.3 Å². The predicted octanol–water partition coefficient (Wildman–Crippen LogP) is 2.91. The maximum Gasteiger partial charge on any atom is 0.240 e. The van der Waals surface area contributed by atoms with Gasteiger partial charge in [0.15, 0.2) is 0 Å². The molecule has 3 rings (SSSR count). The van der Waals surface area contributed by atoms with Gasteiger partial charge in [0.05, 0.1) is 17.7 Å². The molecule has 2 atom stereocenters. The van der Waals surface area contributed by atoms with E-state index >= 15 is 0 Å². The first-order valence-electron chi connectivity index (χ1n) is 8.72. The molecule has 5 nitrogen and oxygen atoms in total. The number of nitrogens with one attached hydrogen (secondary N) is 2. The lowest BCUT2D eigenvalue weighted by atomic mass is 10.1. The Morgan fingerprint density at radius 3 is 2.73 bits per heavy atom. The Kier molecular flexibility index (Phi) is 6.50. The smallest absolute Gasteiger partial charge is 0.240 e. The molecule has 1 aliphatic heterocycles. The van der Waals surface area contributed by atoms with Crippen molar-refractivity contribution in [2.24, 2.45) is 0 Å². The zero-order valence-electron chi connectivity index (χ0n) is 14.7. The second-order valence-electron chi connectivity index (χ2n) is 6.21. The number of amides is 1. The van der Waals surface area contributed by atoms with Crippen molar-refractivity contribution in [2.45, 2.75) is 32.2 Å². The molecule has 0 bridgehead atoms. The number of halogens is 1. The first-order valence-corrected chi connectivity index (χ1v) is 9.10. The highest BCUT2D eigenvalue weighted by Crippen LogP contribution is 2.24. The van der Waals surface area contributed by atoms with Crippen LogP contribution in [0.1, 0.15) is 18.1 Å². The summed E-state index contributed by atoms with van der Waals surface area (Å²) in [5, 5.41) is 6.76. The number of carbonyl (C=O) groups is 1. The van der Waals surface area contributed by atoms with Crippen LogP contribution in [0.4, 0.5) is 0 Å². The van der Waals surface area contributed by atoms with E-state index in [0.29, 0.717) is 37.1 Å². The van der Waals surface area contributed by atoms with Crippen LogP contribution in [0.15, 0.2) is 48.5 Å². The van der Waals surface area contributed by atoms with Gasteiger partial charge in [-0.05, 0) is 30.2 Å². The zero-order valence-corrected chi connectivity index (χ0v) is 15.5. The third-order valence-corrected chi connectivity index (χ3v) is 4.70. The highest BCUT2D eigenvalue weighted by atomic mass is 35.5. The SMILES string of the molecule is C[C@H]1OCCN[C@@H]1C(=O)NCc1ccccc1COc1ccccc1Cl. The number of para-hydroxylation sites is 1. The Bertz CT molecular complexity index is 753. The van der Waals surface area contributed by atoms with E-state index in [1.165, 1.54) is 0 Å². The molecular weight excluding hydrogens is 352 g/mol. The number of rotatable bonds is 6. The van der Waals surface area contributed by atoms with E-state index in [-0.39, 0.29) is 18.1 Å². The standard InChI is InChI=1S/C20H23ClN2O3/c1-14-19(22-10-11-25-14)20(24)23-12-15-6-2-3-7-16(15)13-26-18-9-5-4-8-17(18)21/h2-9,14,19,22H,10-13H2,1H3,(H,23,24)/t14-,19+/m1/s1. The number of ether oxygens (including phenoxy) is 2. The summed E-state index contributed by atoms with van der Waals surface area (Å²) in [7, 11) is 0. The van der Waals surface area contributed by atoms with Gasteiger partial charge < -0.3 is 20.1 Å². The second kappa shape index (κ2) is 9.03. The Balaban J connectivity index is 1.60. The van der Waals surface area contributed by atoms with Crippen molar-refractivity contribution in [3.05, 3.63) is 64.7 Å². The van der Waals surface area contributed by atoms with E-state index in [2.05, 4.69) is 10.6 Å². The van der Waals surface area contributed by atoms with Gasteiger partial charge in [0.2, 0.25) is 5.91 Å². The molecule has 26 heavy (non-hydrogen) atoms. The molecule has 1 fully saturated rings. The average Bonchev–Trinajstić information content (AvgIpc) is 2.66. The molecule has 0 saturated carbocycles. The van der Waals surface area contributed by atoms with E-state index in [9.17, 15) is 4.79 Å². The van der Waals surface area contributed by atoms with Crippen molar-refractivity contribution in [2.75, 3.05) is 13.2 Å². The van der Waals surface area contributed by atoms with Crippen molar-refractivity contribution in [1.82, 2.24) is 10.6 Å². The quantitative estimate of drug-likeness (QED) is 0.816. The number of hydrogen-bond acceptors (Lipinski definition) is 4. The Hall–Kier alpha value is -2.08. The van der Waals surface area contributed by atoms with Crippen LogP contribution < -0.4 is 15.4 Å². The molecule has 2 aromatic carbocycles. The molecule has 1 saturated heterocycles. The first-order chi connectivity index (χ1) is 12.6. The van der Waals surface area contributed by atoms with Crippen LogP contribution in [0.2, 0.25) is 5.02 Å². The second-order valence-corrected chi connectivity index (χ2v) is 6.62. The lowest BCUT2D eigenvalue weighted by Crippen LogP contribution is -2.55. The van der Waals surface area contributed by atoms with Crippen LogP contribution in [0, 0.1) is 0 Å². The van der Waals surface area contributed by atoms with Gasteiger partial charge in [-0.2, -0.15) is 0 Å². The van der Waals surface area contributed by atoms with Gasteiger partial charge >= 0.3 is 0 Å². The molecule has 1 heterocycles. The minimum atomic E-state index is -0.324. The van der Waals surface area contributed by atoms with Gasteiger partial charge in [-0.1, -0.05) is 48.0 Å². The molecule has 2 aromatic rings. The molecule has 0 aliphatic carbocycles. The summed E-state index contributed by atoms with van der Waals surface area (Å²) < 4.78 is 11.4. The minimum Gasteiger partial charge on any atom is -0.487 e. The summed E-state index contributed by atoms with van der Waals surface area (Å²) in [6, 6.07) is 14.9. The fraction of sp³-hybridized carbons (Fsp3) is 0.350. The van der Waals surface area contributed by atoms with Crippen molar-refractivity contribution in [3.63, 3.8) is 0 Å². The predicted molar refractivity (Wildman–Crippen MR) is 101 cm³/mol. The van der Waals surface area contributed by atoms with Gasteiger partial charge in [-0.15, -0.1) is 0 Å². The summed E-state index contributed by atoms with van der Waals surface area (Å²) in [6.07, 6.45) is -0.137. The Labute approximate surface area is 158 Å². The topological polar surface area (TPSA) is 59.6 Å². The third-order valence-electron chi connectivity index (χ3n) is 4.39. The van der Waals surface area contributed by atoms with Gasteiger partial charge in [0.25, 0.3) is 0 Å². The molecule has 1 amide bonds. The van der Waals surface area contributed by atoms with Gasteiger partial charge in [0.1, 0.15) is 18.4 Å². The van der Waals surface area contributed by atoms with Crippen LogP contribution in [0.25, 0.3) is 0 Å². The highest BCUT2D eigenvalue weighted by Gasteiger charge is 2.28. The zero-order chi connectivity index (χ0) is 18.4. The van der Waals surface area contributed by atoms with E-state index in [1.807, 2.05) is 49.4 Å². The fourth-order valence-corrected chi connectivity index (χ4v) is 3.10. The summed E-state index contributed by atoms with van der Waals surface area (Å²) in [6.45, 7) is 4.04. The van der Waals surface area contributed by atoms with Crippen LogP contribution in [0.5, 0.6) is 5.75 Å². The third kappa shape index (κ3) is 4.75. The monoisotopic (exact) mass is 374 g/mol. The number of hydrogen-bond donors (Lipinski definition) is 2. The van der Waals surface area contributed by atoms with Crippen LogP contribution in [-0.4, -0.2) is 31.2 Å². The molecule has 0 unspecified atom stereocenters. The molecule has 0 spiro atoms. The van der Waals surface area contributed by atoms with E-state index in [4.69, 9.17) is 21.1 Å². The summed E-state index contributed by atoms with van der Waals surface area (Å²) in [4.78, 5) is 12.4. The van der Waals surface area contributed by atoms with E-state index in [1.54, 1.807) is 6.07 Å². The van der Waals surface area contributed by atoms with Crippen molar-refractivity contribution in [3.8, 4) is 5.75 Å². The lowest BCUT2D eigenvalue weighted by molar-refractivity contribution is -0.129. The van der Waals surface area contributed by atoms with Crippen molar-refractivity contribution >= 4 is 17.5 Å². The summed E-state index contributed by atoms with van der Waals surface area (Å²) in [5.41, 5.74) is 2.02. The summed E-state index contributed by atoms with van der Waals surface area (Å²) in [5.74, 6) is 0.587. The number of carbonyl (C=O) groups excluding carboxylic acids is 1. The molecular formula is C20H23ClN2O3. The Morgan fingerprint density at radius 2 is 1.96 bits per heavy atom. The molecule has 1 aliphatic rings. The number of benzene rings is 2. The molecule has 6 heteroatoms. The Morgan fingerprint density at radius 1 is 1.23 bits per heavy atom. The normalized spacial score (nSPS) is 19.8. The van der Waals surface area contributed by atoms with Gasteiger partial charge in [-0.25, -0.2) is 0 Å². The van der Waals surface area contributed by atoms with E-state index < -0.39 is 0 Å². The minimum absolute atomic E-state index is 0.0565. The van der Waals surface area contributed by atoms with Crippen LogP contribution >= 0.6 is 11.6 Å². The van der Waals surface area contributed by atoms with E-state index in [0.717, 1.165) is 11.1 Å². The number of morpholine rings is 1. The lowest BCUT2D eigenvalue weighted by Gasteiger charge is -2.29.